The summed E-state index contributed by atoms with van der Waals surface area (Å²) in [6.07, 6.45) is 6.06. The number of nitrogens with one attached hydrogen (secondary N) is 1. The van der Waals surface area contributed by atoms with Gasteiger partial charge in [-0.3, -0.25) is 14.9 Å². The van der Waals surface area contributed by atoms with Crippen molar-refractivity contribution < 1.29 is 28.7 Å². The van der Waals surface area contributed by atoms with E-state index in [0.717, 1.165) is 29.7 Å². The Balaban J connectivity index is 2.04. The van der Waals surface area contributed by atoms with Crippen molar-refractivity contribution in [1.29, 1.82) is 5.26 Å². The van der Waals surface area contributed by atoms with Gasteiger partial charge in [-0.25, -0.2) is 4.79 Å². The van der Waals surface area contributed by atoms with Crippen LogP contribution in [-0.4, -0.2) is 37.1 Å². The molecule has 0 bridgehead atoms. The Kier molecular flexibility index (Phi) is 8.81. The number of nitro groups is 1. The summed E-state index contributed by atoms with van der Waals surface area (Å²) in [6, 6.07) is 4.19. The van der Waals surface area contributed by atoms with E-state index in [2.05, 4.69) is 11.9 Å². The zero-order chi connectivity index (χ0) is 26.2. The van der Waals surface area contributed by atoms with E-state index in [1.54, 1.807) is 6.92 Å². The van der Waals surface area contributed by atoms with Gasteiger partial charge in [0.1, 0.15) is 23.3 Å². The van der Waals surface area contributed by atoms with Crippen molar-refractivity contribution >= 4 is 40.0 Å². The largest absolute Gasteiger partial charge is 0.493 e. The number of methoxy groups -OCH3 is 1. The summed E-state index contributed by atoms with van der Waals surface area (Å²) in [5.74, 6) is -1.13. The third-order valence-corrected chi connectivity index (χ3v) is 6.59. The molecule has 36 heavy (non-hydrogen) atoms. The van der Waals surface area contributed by atoms with Crippen molar-refractivity contribution in [2.45, 2.75) is 32.6 Å². The van der Waals surface area contributed by atoms with Crippen LogP contribution in [0.4, 0.5) is 10.7 Å². The van der Waals surface area contributed by atoms with Gasteiger partial charge < -0.3 is 19.5 Å². The number of anilines is 1. The first-order valence-corrected chi connectivity index (χ1v) is 12.0. The number of hydrogen-bond donors (Lipinski definition) is 1. The maximum Gasteiger partial charge on any atom is 0.341 e. The summed E-state index contributed by atoms with van der Waals surface area (Å²) in [5.41, 5.74) is 0.630. The second-order valence-electron chi connectivity index (χ2n) is 7.68. The Labute approximate surface area is 211 Å². The predicted octanol–water partition coefficient (Wildman–Crippen LogP) is 4.83. The van der Waals surface area contributed by atoms with Crippen molar-refractivity contribution in [2.75, 3.05) is 25.6 Å². The quantitative estimate of drug-likeness (QED) is 0.119. The number of aryl methyl sites for hydroxylation is 1. The van der Waals surface area contributed by atoms with Crippen LogP contribution in [0.1, 0.15) is 46.1 Å². The fourth-order valence-corrected chi connectivity index (χ4v) is 5.09. The lowest BCUT2D eigenvalue weighted by Gasteiger charge is -2.13. The van der Waals surface area contributed by atoms with Crippen molar-refractivity contribution in [3.05, 3.63) is 62.0 Å². The van der Waals surface area contributed by atoms with Gasteiger partial charge in [-0.15, -0.1) is 11.3 Å². The molecule has 0 aliphatic heterocycles. The summed E-state index contributed by atoms with van der Waals surface area (Å²) in [5, 5.41) is 24.1. The first-order chi connectivity index (χ1) is 17.3. The van der Waals surface area contributed by atoms with E-state index in [1.807, 2.05) is 6.07 Å². The van der Waals surface area contributed by atoms with Gasteiger partial charge in [0.15, 0.2) is 11.5 Å². The number of benzene rings is 1. The minimum Gasteiger partial charge on any atom is -0.493 e. The molecule has 0 saturated carbocycles. The number of ether oxygens (including phenoxy) is 3. The molecule has 1 aliphatic carbocycles. The summed E-state index contributed by atoms with van der Waals surface area (Å²) in [4.78, 5) is 37.6. The highest BCUT2D eigenvalue weighted by Crippen LogP contribution is 2.40. The van der Waals surface area contributed by atoms with E-state index in [4.69, 9.17) is 14.2 Å². The normalized spacial score (nSPS) is 12.6. The van der Waals surface area contributed by atoms with Crippen LogP contribution in [0, 0.1) is 21.4 Å². The van der Waals surface area contributed by atoms with Gasteiger partial charge in [0.2, 0.25) is 0 Å². The Morgan fingerprint density at radius 1 is 1.33 bits per heavy atom. The van der Waals surface area contributed by atoms with Gasteiger partial charge in [-0.1, -0.05) is 12.7 Å². The molecule has 1 amide bonds. The van der Waals surface area contributed by atoms with Crippen LogP contribution < -0.4 is 14.8 Å². The van der Waals surface area contributed by atoms with E-state index in [9.17, 15) is 25.0 Å². The van der Waals surface area contributed by atoms with Gasteiger partial charge in [-0.2, -0.15) is 5.26 Å². The molecular formula is C25H25N3O7S. The maximum absolute atomic E-state index is 13.1. The Bertz CT molecular complexity index is 1270. The summed E-state index contributed by atoms with van der Waals surface area (Å²) in [6.45, 7) is 5.52. The molecule has 188 valence electrons. The second kappa shape index (κ2) is 12.0. The topological polar surface area (TPSA) is 141 Å². The number of hydrogen-bond acceptors (Lipinski definition) is 9. The smallest absolute Gasteiger partial charge is 0.341 e. The molecule has 1 N–H and O–H groups in total. The average Bonchev–Trinajstić information content (AvgIpc) is 3.23. The highest BCUT2D eigenvalue weighted by Gasteiger charge is 2.28. The molecule has 1 heterocycles. The van der Waals surface area contributed by atoms with Crippen molar-refractivity contribution in [2.24, 2.45) is 0 Å². The van der Waals surface area contributed by atoms with Crippen molar-refractivity contribution in [3.8, 4) is 17.6 Å². The fraction of sp³-hybridized carbons (Fsp3) is 0.320. The zero-order valence-corrected chi connectivity index (χ0v) is 20.7. The van der Waals surface area contributed by atoms with Crippen LogP contribution >= 0.6 is 11.3 Å². The lowest BCUT2D eigenvalue weighted by Crippen LogP contribution is -2.16. The van der Waals surface area contributed by atoms with Gasteiger partial charge in [0, 0.05) is 16.5 Å². The van der Waals surface area contributed by atoms with Crippen LogP contribution in [0.25, 0.3) is 6.08 Å². The minimum absolute atomic E-state index is 0.0607. The molecule has 0 atom stereocenters. The zero-order valence-electron chi connectivity index (χ0n) is 19.9. The Morgan fingerprint density at radius 3 is 2.72 bits per heavy atom. The van der Waals surface area contributed by atoms with Gasteiger partial charge >= 0.3 is 5.97 Å². The van der Waals surface area contributed by atoms with E-state index in [-0.39, 0.29) is 41.5 Å². The fourth-order valence-electron chi connectivity index (χ4n) is 3.82. The molecule has 1 aromatic heterocycles. The van der Waals surface area contributed by atoms with E-state index in [0.29, 0.717) is 17.0 Å². The minimum atomic E-state index is -0.776. The van der Waals surface area contributed by atoms with Gasteiger partial charge in [-0.05, 0) is 44.2 Å². The van der Waals surface area contributed by atoms with Crippen LogP contribution in [0.15, 0.2) is 30.4 Å². The van der Waals surface area contributed by atoms with Crippen LogP contribution in [0.3, 0.4) is 0 Å². The van der Waals surface area contributed by atoms with Crippen molar-refractivity contribution in [3.63, 3.8) is 0 Å². The van der Waals surface area contributed by atoms with E-state index < -0.39 is 16.8 Å². The molecule has 2 aromatic rings. The number of rotatable bonds is 10. The monoisotopic (exact) mass is 511 g/mol. The molecule has 10 nitrogen and oxygen atoms in total. The number of carbonyl (C=O) groups is 2. The number of nitro benzene ring substituents is 1. The first kappa shape index (κ1) is 26.4. The number of carbonyl (C=O) groups excluding carboxylic acids is 2. The Hall–Kier alpha value is -4.17. The number of nitrogens with zero attached hydrogens (tertiary/aromatic N) is 2. The first-order valence-electron chi connectivity index (χ1n) is 11.2. The Morgan fingerprint density at radius 2 is 2.08 bits per heavy atom. The summed E-state index contributed by atoms with van der Waals surface area (Å²) < 4.78 is 16.0. The third-order valence-electron chi connectivity index (χ3n) is 5.39. The summed E-state index contributed by atoms with van der Waals surface area (Å²) >= 11 is 1.29. The molecule has 11 heteroatoms. The number of nitriles is 1. The molecule has 0 fully saturated rings. The molecular weight excluding hydrogens is 486 g/mol. The number of thiophene rings is 1. The highest BCUT2D eigenvalue weighted by atomic mass is 32.1. The number of non-ortho nitro benzene ring substituents is 1. The molecule has 1 aromatic carbocycles. The van der Waals surface area contributed by atoms with E-state index in [1.165, 1.54) is 42.7 Å². The third kappa shape index (κ3) is 5.72. The SMILES string of the molecule is C=CCOc1c(/C=C(/C#N)C(=O)Nc2sc3c(c2C(=O)OCC)CCCC3)cc([N+](=O)[O-])cc1OC. The maximum atomic E-state index is 13.1. The molecule has 1 aliphatic rings. The van der Waals surface area contributed by atoms with Gasteiger partial charge in [0.05, 0.1) is 30.3 Å². The molecule has 0 radical (unpaired) electrons. The van der Waals surface area contributed by atoms with Gasteiger partial charge in [0.25, 0.3) is 11.6 Å². The lowest BCUT2D eigenvalue weighted by atomic mass is 9.95. The molecule has 0 unspecified atom stereocenters. The highest BCUT2D eigenvalue weighted by molar-refractivity contribution is 7.17. The molecule has 0 saturated heterocycles. The van der Waals surface area contributed by atoms with Crippen molar-refractivity contribution in [1.82, 2.24) is 0 Å². The van der Waals surface area contributed by atoms with Crippen LogP contribution in [-0.2, 0) is 22.4 Å². The number of amides is 1. The lowest BCUT2D eigenvalue weighted by molar-refractivity contribution is -0.385. The number of esters is 1. The van der Waals surface area contributed by atoms with Crippen LogP contribution in [0.5, 0.6) is 11.5 Å². The summed E-state index contributed by atoms with van der Waals surface area (Å²) in [7, 11) is 1.32. The molecule has 0 spiro atoms. The second-order valence-corrected chi connectivity index (χ2v) is 8.79. The standard InChI is InChI=1S/C25H25N3O7S/c1-4-10-35-22-15(12-17(28(31)32)13-19(22)33-3)11-16(14-26)23(29)27-24-21(25(30)34-5-2)18-8-6-7-9-20(18)36-24/h4,11-13H,1,5-10H2,2-3H3,(H,27,29)/b16-11-. The average molecular weight is 512 g/mol. The molecule has 3 rings (SSSR count). The van der Waals surface area contributed by atoms with E-state index >= 15 is 0 Å². The predicted molar refractivity (Wildman–Crippen MR) is 134 cm³/mol. The number of fused-ring (bicyclic) bond motifs is 1. The van der Waals surface area contributed by atoms with Crippen LogP contribution in [0.2, 0.25) is 0 Å².